The second kappa shape index (κ2) is 8.98. The van der Waals surface area contributed by atoms with Gasteiger partial charge in [0.1, 0.15) is 18.1 Å². The van der Waals surface area contributed by atoms with Gasteiger partial charge in [-0.1, -0.05) is 28.7 Å². The quantitative estimate of drug-likeness (QED) is 0.510. The maximum atomic E-state index is 12.6. The van der Waals surface area contributed by atoms with Gasteiger partial charge in [0.15, 0.2) is 0 Å². The summed E-state index contributed by atoms with van der Waals surface area (Å²) >= 11 is 5.86. The van der Waals surface area contributed by atoms with Gasteiger partial charge in [-0.15, -0.1) is 5.10 Å². The number of hydrogen-bond donors (Lipinski definition) is 3. The number of nitrogens with one attached hydrogen (secondary N) is 3. The third-order valence-corrected chi connectivity index (χ3v) is 4.07. The number of aromatic amines is 1. The summed E-state index contributed by atoms with van der Waals surface area (Å²) in [5.74, 6) is -0.824. The molecule has 0 atom stereocenters. The molecule has 0 saturated heterocycles. The number of anilines is 2. The first-order chi connectivity index (χ1) is 14.0. The molecule has 148 valence electrons. The van der Waals surface area contributed by atoms with Crippen LogP contribution in [0.25, 0.3) is 6.08 Å². The average molecular weight is 416 g/mol. The molecule has 0 saturated carbocycles. The van der Waals surface area contributed by atoms with Crippen LogP contribution < -0.4 is 21.0 Å². The zero-order valence-electron chi connectivity index (χ0n) is 14.9. The Balaban J connectivity index is 1.79. The van der Waals surface area contributed by atoms with E-state index in [9.17, 15) is 14.1 Å². The second-order valence-corrected chi connectivity index (χ2v) is 6.18. The SMILES string of the molecule is C=Cc1c(Nc2ccc(Cl)cc2)[nH]nc(OCc2ccnc(C(=O)NF)c2)c1=O. The van der Waals surface area contributed by atoms with Gasteiger partial charge in [-0.05, 0) is 42.0 Å². The van der Waals surface area contributed by atoms with Crippen LogP contribution in [0.1, 0.15) is 21.6 Å². The molecular weight excluding hydrogens is 401 g/mol. The van der Waals surface area contributed by atoms with E-state index in [2.05, 4.69) is 27.1 Å². The minimum absolute atomic E-state index is 0.0777. The number of hydrogen-bond acceptors (Lipinski definition) is 6. The highest BCUT2D eigenvalue weighted by Gasteiger charge is 2.13. The van der Waals surface area contributed by atoms with Gasteiger partial charge in [0.2, 0.25) is 0 Å². The predicted molar refractivity (Wildman–Crippen MR) is 107 cm³/mol. The summed E-state index contributed by atoms with van der Waals surface area (Å²) in [5.41, 5.74) is 1.83. The number of halogens is 2. The van der Waals surface area contributed by atoms with Crippen molar-refractivity contribution in [1.82, 2.24) is 20.7 Å². The highest BCUT2D eigenvalue weighted by molar-refractivity contribution is 6.30. The van der Waals surface area contributed by atoms with Gasteiger partial charge in [0, 0.05) is 16.9 Å². The van der Waals surface area contributed by atoms with Crippen molar-refractivity contribution in [2.24, 2.45) is 0 Å². The topological polar surface area (TPSA) is 109 Å². The first kappa shape index (κ1) is 20.0. The lowest BCUT2D eigenvalue weighted by atomic mass is 10.2. The standard InChI is InChI=1S/C19H15ClFN5O3/c1-2-14-16(27)19(26-25-17(14)23-13-5-3-12(20)4-6-13)29-10-11-7-8-22-15(9-11)18(28)24-21/h2-9H,1,10H2,(H,24,28)(H2,23,25,27). The molecule has 8 nitrogen and oxygen atoms in total. The van der Waals surface area contributed by atoms with Gasteiger partial charge in [-0.3, -0.25) is 19.7 Å². The average Bonchev–Trinajstić information content (AvgIpc) is 2.74. The smallest absolute Gasteiger partial charge is 0.297 e. The summed E-state index contributed by atoms with van der Waals surface area (Å²) in [7, 11) is 0. The summed E-state index contributed by atoms with van der Waals surface area (Å²) in [4.78, 5) is 27.7. The molecule has 0 aliphatic carbocycles. The van der Waals surface area contributed by atoms with Crippen LogP contribution in [0.4, 0.5) is 16.0 Å². The van der Waals surface area contributed by atoms with Gasteiger partial charge in [-0.2, -0.15) is 5.54 Å². The van der Waals surface area contributed by atoms with Gasteiger partial charge in [-0.25, -0.2) is 0 Å². The number of H-pyrrole nitrogens is 1. The Morgan fingerprint density at radius 3 is 2.76 bits per heavy atom. The van der Waals surface area contributed by atoms with Crippen molar-refractivity contribution in [3.8, 4) is 5.88 Å². The van der Waals surface area contributed by atoms with Crippen LogP contribution in [0.5, 0.6) is 5.88 Å². The number of carbonyl (C=O) groups excluding carboxylic acids is 1. The van der Waals surface area contributed by atoms with E-state index in [-0.39, 0.29) is 23.7 Å². The number of nitrogens with zero attached hydrogens (tertiary/aromatic N) is 2. The van der Waals surface area contributed by atoms with Crippen molar-refractivity contribution in [1.29, 1.82) is 0 Å². The molecule has 0 unspecified atom stereocenters. The molecule has 0 fully saturated rings. The summed E-state index contributed by atoms with van der Waals surface area (Å²) in [5, 5.41) is 10.3. The summed E-state index contributed by atoms with van der Waals surface area (Å²) in [6, 6.07) is 9.79. The van der Waals surface area contributed by atoms with E-state index in [1.807, 2.05) is 0 Å². The molecule has 3 aromatic rings. The molecule has 0 aliphatic rings. The van der Waals surface area contributed by atoms with Gasteiger partial charge < -0.3 is 10.1 Å². The fourth-order valence-corrected chi connectivity index (χ4v) is 2.53. The third kappa shape index (κ3) is 4.77. The molecule has 0 spiro atoms. The lowest BCUT2D eigenvalue weighted by molar-refractivity contribution is 0.0854. The zero-order valence-corrected chi connectivity index (χ0v) is 15.7. The van der Waals surface area contributed by atoms with Crippen LogP contribution in [0.3, 0.4) is 0 Å². The van der Waals surface area contributed by atoms with Crippen LogP contribution in [0.2, 0.25) is 5.02 Å². The minimum Gasteiger partial charge on any atom is -0.469 e. The van der Waals surface area contributed by atoms with Crippen molar-refractivity contribution in [3.05, 3.63) is 81.2 Å². The third-order valence-electron chi connectivity index (χ3n) is 3.81. The van der Waals surface area contributed by atoms with Crippen LogP contribution in [-0.4, -0.2) is 21.1 Å². The first-order valence-corrected chi connectivity index (χ1v) is 8.66. The van der Waals surface area contributed by atoms with Crippen molar-refractivity contribution >= 4 is 35.1 Å². The van der Waals surface area contributed by atoms with Crippen molar-refractivity contribution in [3.63, 3.8) is 0 Å². The van der Waals surface area contributed by atoms with Crippen LogP contribution in [0.15, 0.2) is 54.0 Å². The van der Waals surface area contributed by atoms with Crippen molar-refractivity contribution in [2.75, 3.05) is 5.32 Å². The predicted octanol–water partition coefficient (Wildman–Crippen LogP) is 3.40. The van der Waals surface area contributed by atoms with E-state index in [0.717, 1.165) is 5.54 Å². The van der Waals surface area contributed by atoms with E-state index in [1.165, 1.54) is 18.3 Å². The first-order valence-electron chi connectivity index (χ1n) is 8.28. The highest BCUT2D eigenvalue weighted by atomic mass is 35.5. The maximum Gasteiger partial charge on any atom is 0.297 e. The molecular formula is C19H15ClFN5O3. The Bertz CT molecular complexity index is 1100. The van der Waals surface area contributed by atoms with E-state index in [4.69, 9.17) is 16.3 Å². The lowest BCUT2D eigenvalue weighted by Gasteiger charge is -2.11. The van der Waals surface area contributed by atoms with E-state index >= 15 is 0 Å². The lowest BCUT2D eigenvalue weighted by Crippen LogP contribution is -2.17. The number of amides is 1. The number of aromatic nitrogens is 3. The van der Waals surface area contributed by atoms with Crippen molar-refractivity contribution in [2.45, 2.75) is 6.61 Å². The van der Waals surface area contributed by atoms with E-state index < -0.39 is 11.3 Å². The Morgan fingerprint density at radius 1 is 1.31 bits per heavy atom. The summed E-state index contributed by atoms with van der Waals surface area (Å²) < 4.78 is 17.7. The van der Waals surface area contributed by atoms with Crippen LogP contribution >= 0.6 is 11.6 Å². The fraction of sp³-hybridized carbons (Fsp3) is 0.0526. The number of ether oxygens (including phenoxy) is 1. The highest BCUT2D eigenvalue weighted by Crippen LogP contribution is 2.20. The van der Waals surface area contributed by atoms with Gasteiger partial charge in [0.05, 0.1) is 5.56 Å². The van der Waals surface area contributed by atoms with E-state index in [1.54, 1.807) is 30.3 Å². The molecule has 10 heteroatoms. The number of carbonyl (C=O) groups is 1. The van der Waals surface area contributed by atoms with Crippen molar-refractivity contribution < 1.29 is 14.0 Å². The maximum absolute atomic E-state index is 12.6. The molecule has 1 aromatic carbocycles. The van der Waals surface area contributed by atoms with Gasteiger partial charge in [0.25, 0.3) is 17.2 Å². The van der Waals surface area contributed by atoms with Crippen LogP contribution in [0, 0.1) is 0 Å². The summed E-state index contributed by atoms with van der Waals surface area (Å²) in [6.07, 6.45) is 2.71. The van der Waals surface area contributed by atoms with Gasteiger partial charge >= 0.3 is 0 Å². The molecule has 1 amide bonds. The van der Waals surface area contributed by atoms with Crippen LogP contribution in [-0.2, 0) is 6.61 Å². The second-order valence-electron chi connectivity index (χ2n) is 5.74. The molecule has 0 bridgehead atoms. The monoisotopic (exact) mass is 415 g/mol. The Kier molecular flexibility index (Phi) is 6.20. The molecule has 0 radical (unpaired) electrons. The normalized spacial score (nSPS) is 10.3. The Morgan fingerprint density at radius 2 is 2.07 bits per heavy atom. The molecule has 0 aliphatic heterocycles. The summed E-state index contributed by atoms with van der Waals surface area (Å²) in [6.45, 7) is 3.58. The Hall–Kier alpha value is -3.72. The molecule has 2 aromatic heterocycles. The molecule has 29 heavy (non-hydrogen) atoms. The Labute approximate surface area is 169 Å². The number of rotatable bonds is 7. The molecule has 3 rings (SSSR count). The minimum atomic E-state index is -0.977. The van der Waals surface area contributed by atoms with E-state index in [0.29, 0.717) is 22.1 Å². The largest absolute Gasteiger partial charge is 0.469 e. The zero-order chi connectivity index (χ0) is 20.8. The number of benzene rings is 1. The fourth-order valence-electron chi connectivity index (χ4n) is 2.40. The molecule has 3 N–H and O–H groups in total. The number of pyridine rings is 1. The molecule has 2 heterocycles.